The van der Waals surface area contributed by atoms with Gasteiger partial charge in [0.25, 0.3) is 5.56 Å². The maximum absolute atomic E-state index is 12.6. The van der Waals surface area contributed by atoms with Gasteiger partial charge in [-0.05, 0) is 30.3 Å². The Labute approximate surface area is 179 Å². The SMILES string of the molecule is COCCn1cnc2cc(N3CCN(c4ccc5nccnc5n4)CC3)ccc2c1=O. The summed E-state index contributed by atoms with van der Waals surface area (Å²) >= 11 is 0. The number of rotatable bonds is 5. The fourth-order valence-electron chi connectivity index (χ4n) is 3.91. The van der Waals surface area contributed by atoms with E-state index in [4.69, 9.17) is 4.74 Å². The maximum Gasteiger partial charge on any atom is 0.261 e. The van der Waals surface area contributed by atoms with E-state index in [-0.39, 0.29) is 5.56 Å². The molecule has 0 atom stereocenters. The van der Waals surface area contributed by atoms with Gasteiger partial charge in [-0.15, -0.1) is 0 Å². The molecule has 1 saturated heterocycles. The standard InChI is InChI=1S/C22H23N7O2/c1-31-13-12-29-15-25-19-14-16(2-3-17(19)22(29)30)27-8-10-28(11-9-27)20-5-4-18-21(26-20)24-7-6-23-18/h2-7,14-15H,8-13H2,1H3. The van der Waals surface area contributed by atoms with Gasteiger partial charge in [0.1, 0.15) is 11.3 Å². The second-order valence-corrected chi connectivity index (χ2v) is 7.48. The molecule has 0 saturated carbocycles. The molecule has 1 fully saturated rings. The van der Waals surface area contributed by atoms with Crippen molar-refractivity contribution in [3.63, 3.8) is 0 Å². The number of fused-ring (bicyclic) bond motifs is 2. The molecule has 1 aromatic carbocycles. The van der Waals surface area contributed by atoms with Gasteiger partial charge in [0.05, 0.1) is 30.4 Å². The van der Waals surface area contributed by atoms with Crippen LogP contribution < -0.4 is 15.4 Å². The lowest BCUT2D eigenvalue weighted by Crippen LogP contribution is -2.46. The molecule has 0 bridgehead atoms. The van der Waals surface area contributed by atoms with E-state index < -0.39 is 0 Å². The minimum atomic E-state index is -0.0381. The number of piperazine rings is 1. The van der Waals surface area contributed by atoms with Gasteiger partial charge in [-0.1, -0.05) is 0 Å². The number of benzene rings is 1. The van der Waals surface area contributed by atoms with Crippen LogP contribution in [0.2, 0.25) is 0 Å². The van der Waals surface area contributed by atoms with Gasteiger partial charge in [0.2, 0.25) is 0 Å². The van der Waals surface area contributed by atoms with E-state index in [1.54, 1.807) is 30.4 Å². The van der Waals surface area contributed by atoms with Crippen molar-refractivity contribution >= 4 is 33.6 Å². The monoisotopic (exact) mass is 417 g/mol. The van der Waals surface area contributed by atoms with E-state index in [1.807, 2.05) is 30.3 Å². The first-order valence-corrected chi connectivity index (χ1v) is 10.3. The van der Waals surface area contributed by atoms with Crippen LogP contribution >= 0.6 is 0 Å². The lowest BCUT2D eigenvalue weighted by molar-refractivity contribution is 0.186. The van der Waals surface area contributed by atoms with Gasteiger partial charge in [0, 0.05) is 51.4 Å². The molecule has 1 aliphatic heterocycles. The Morgan fingerprint density at radius 3 is 2.58 bits per heavy atom. The topological polar surface area (TPSA) is 89.3 Å². The van der Waals surface area contributed by atoms with E-state index in [2.05, 4.69) is 29.7 Å². The molecule has 0 aliphatic carbocycles. The maximum atomic E-state index is 12.6. The second-order valence-electron chi connectivity index (χ2n) is 7.48. The molecule has 3 aromatic heterocycles. The Hall–Kier alpha value is -3.59. The second kappa shape index (κ2) is 8.27. The molecule has 31 heavy (non-hydrogen) atoms. The molecule has 4 aromatic rings. The van der Waals surface area contributed by atoms with Gasteiger partial charge < -0.3 is 14.5 Å². The van der Waals surface area contributed by atoms with Crippen molar-refractivity contribution in [1.29, 1.82) is 0 Å². The summed E-state index contributed by atoms with van der Waals surface area (Å²) in [4.78, 5) is 35.0. The molecule has 0 radical (unpaired) electrons. The van der Waals surface area contributed by atoms with Crippen LogP contribution in [0, 0.1) is 0 Å². The molecule has 0 unspecified atom stereocenters. The van der Waals surface area contributed by atoms with Gasteiger partial charge in [-0.25, -0.2) is 15.0 Å². The molecule has 9 heteroatoms. The lowest BCUT2D eigenvalue weighted by atomic mass is 10.2. The molecule has 0 amide bonds. The van der Waals surface area contributed by atoms with E-state index in [0.717, 1.165) is 43.2 Å². The summed E-state index contributed by atoms with van der Waals surface area (Å²) in [6, 6.07) is 9.84. The number of aromatic nitrogens is 5. The summed E-state index contributed by atoms with van der Waals surface area (Å²) in [5, 5.41) is 0.627. The first-order valence-electron chi connectivity index (χ1n) is 10.3. The van der Waals surface area contributed by atoms with Crippen LogP contribution in [0.3, 0.4) is 0 Å². The van der Waals surface area contributed by atoms with Crippen LogP contribution in [0.5, 0.6) is 0 Å². The van der Waals surface area contributed by atoms with Crippen LogP contribution in [0.25, 0.3) is 22.1 Å². The Balaban J connectivity index is 1.32. The zero-order valence-electron chi connectivity index (χ0n) is 17.3. The Morgan fingerprint density at radius 1 is 0.935 bits per heavy atom. The zero-order valence-corrected chi connectivity index (χ0v) is 17.3. The molecular weight excluding hydrogens is 394 g/mol. The van der Waals surface area contributed by atoms with Crippen molar-refractivity contribution in [2.24, 2.45) is 0 Å². The predicted molar refractivity (Wildman–Crippen MR) is 120 cm³/mol. The highest BCUT2D eigenvalue weighted by Gasteiger charge is 2.19. The van der Waals surface area contributed by atoms with Gasteiger partial charge in [-0.3, -0.25) is 14.3 Å². The molecule has 1 aliphatic rings. The quantitative estimate of drug-likeness (QED) is 0.485. The van der Waals surface area contributed by atoms with Crippen LogP contribution in [-0.4, -0.2) is 64.4 Å². The van der Waals surface area contributed by atoms with Gasteiger partial charge in [0.15, 0.2) is 5.65 Å². The average Bonchev–Trinajstić information content (AvgIpc) is 2.83. The predicted octanol–water partition coefficient (Wildman–Crippen LogP) is 1.71. The van der Waals surface area contributed by atoms with Crippen molar-refractivity contribution in [2.45, 2.75) is 6.54 Å². The minimum Gasteiger partial charge on any atom is -0.383 e. The molecule has 0 spiro atoms. The number of methoxy groups -OCH3 is 1. The summed E-state index contributed by atoms with van der Waals surface area (Å²) < 4.78 is 6.65. The van der Waals surface area contributed by atoms with Crippen molar-refractivity contribution in [2.75, 3.05) is 49.7 Å². The number of hydrogen-bond donors (Lipinski definition) is 0. The zero-order chi connectivity index (χ0) is 21.2. The van der Waals surface area contributed by atoms with Crippen LogP contribution in [0.4, 0.5) is 11.5 Å². The normalized spacial score (nSPS) is 14.5. The summed E-state index contributed by atoms with van der Waals surface area (Å²) in [5.74, 6) is 0.921. The molecule has 4 heterocycles. The molecule has 158 valence electrons. The lowest BCUT2D eigenvalue weighted by Gasteiger charge is -2.36. The number of ether oxygens (including phenoxy) is 1. The fraction of sp³-hybridized carbons (Fsp3) is 0.318. The number of hydrogen-bond acceptors (Lipinski definition) is 8. The Morgan fingerprint density at radius 2 is 1.74 bits per heavy atom. The van der Waals surface area contributed by atoms with Gasteiger partial charge >= 0.3 is 0 Å². The third kappa shape index (κ3) is 3.79. The van der Waals surface area contributed by atoms with Crippen molar-refractivity contribution in [1.82, 2.24) is 24.5 Å². The first-order chi connectivity index (χ1) is 15.2. The number of nitrogens with zero attached hydrogens (tertiary/aromatic N) is 7. The third-order valence-electron chi connectivity index (χ3n) is 5.63. The van der Waals surface area contributed by atoms with Crippen molar-refractivity contribution in [3.05, 3.63) is 59.4 Å². The van der Waals surface area contributed by atoms with Crippen molar-refractivity contribution < 1.29 is 4.74 Å². The highest BCUT2D eigenvalue weighted by Crippen LogP contribution is 2.22. The Bertz CT molecular complexity index is 1280. The largest absolute Gasteiger partial charge is 0.383 e. The number of pyridine rings is 1. The van der Waals surface area contributed by atoms with E-state index in [0.29, 0.717) is 29.7 Å². The summed E-state index contributed by atoms with van der Waals surface area (Å²) in [5.41, 5.74) is 3.22. The van der Waals surface area contributed by atoms with Crippen LogP contribution in [-0.2, 0) is 11.3 Å². The molecule has 5 rings (SSSR count). The van der Waals surface area contributed by atoms with Crippen molar-refractivity contribution in [3.8, 4) is 0 Å². The summed E-state index contributed by atoms with van der Waals surface area (Å²) in [6.45, 7) is 4.39. The van der Waals surface area contributed by atoms with E-state index in [9.17, 15) is 4.79 Å². The highest BCUT2D eigenvalue weighted by molar-refractivity contribution is 5.81. The Kier molecular flexibility index (Phi) is 5.17. The summed E-state index contributed by atoms with van der Waals surface area (Å²) in [7, 11) is 1.62. The number of anilines is 2. The van der Waals surface area contributed by atoms with E-state index >= 15 is 0 Å². The average molecular weight is 417 g/mol. The summed E-state index contributed by atoms with van der Waals surface area (Å²) in [6.07, 6.45) is 4.94. The van der Waals surface area contributed by atoms with Crippen LogP contribution in [0.1, 0.15) is 0 Å². The molecular formula is C22H23N7O2. The third-order valence-corrected chi connectivity index (χ3v) is 5.63. The van der Waals surface area contributed by atoms with Gasteiger partial charge in [-0.2, -0.15) is 0 Å². The van der Waals surface area contributed by atoms with Crippen LogP contribution in [0.15, 0.2) is 53.8 Å². The van der Waals surface area contributed by atoms with E-state index in [1.165, 1.54) is 0 Å². The molecule has 0 N–H and O–H groups in total. The first kappa shape index (κ1) is 19.4. The highest BCUT2D eigenvalue weighted by atomic mass is 16.5. The fourth-order valence-corrected chi connectivity index (χ4v) is 3.91. The molecule has 9 nitrogen and oxygen atoms in total. The smallest absolute Gasteiger partial charge is 0.261 e. The minimum absolute atomic E-state index is 0.0381.